The molecule has 2 aliphatic rings. The summed E-state index contributed by atoms with van der Waals surface area (Å²) in [5, 5.41) is 6.36. The molecule has 2 heterocycles. The predicted molar refractivity (Wildman–Crippen MR) is 129 cm³/mol. The largest absolute Gasteiger partial charge is 0.362 e. The van der Waals surface area contributed by atoms with Gasteiger partial charge in [-0.2, -0.15) is 0 Å². The summed E-state index contributed by atoms with van der Waals surface area (Å²) >= 11 is 0. The second kappa shape index (κ2) is 8.73. The number of ketones is 1. The molecule has 5 nitrogen and oxygen atoms in total. The number of carbonyl (C=O) groups is 2. The standard InChI is InChI=1S/C26H29N3O2.CH4/c1-15-10-11-27-21(12-15)29-25(31)22-17(3)28-19-13-26(4,5)14-20(30)24(19)23(22)18-9-7-6-8-16(18)2;/h6-12,23,28H,13-14H2,1-5H3,(H,27,29,31);1H4. The molecule has 2 N–H and O–H groups in total. The fourth-order valence-corrected chi connectivity index (χ4v) is 4.75. The number of dihydropyridines is 1. The summed E-state index contributed by atoms with van der Waals surface area (Å²) in [4.78, 5) is 31.1. The van der Waals surface area contributed by atoms with E-state index < -0.39 is 5.92 Å². The zero-order valence-corrected chi connectivity index (χ0v) is 18.8. The maximum Gasteiger partial charge on any atom is 0.255 e. The number of allylic oxidation sites excluding steroid dienone is 3. The first-order valence-electron chi connectivity index (χ1n) is 10.7. The van der Waals surface area contributed by atoms with Gasteiger partial charge < -0.3 is 10.6 Å². The van der Waals surface area contributed by atoms with Crippen LogP contribution in [0.3, 0.4) is 0 Å². The first-order chi connectivity index (χ1) is 14.7. The number of pyridine rings is 1. The maximum absolute atomic E-state index is 13.5. The number of carbonyl (C=O) groups excluding carboxylic acids is 2. The Morgan fingerprint density at radius 2 is 1.84 bits per heavy atom. The first kappa shape index (κ1) is 23.5. The van der Waals surface area contributed by atoms with E-state index in [1.807, 2.05) is 57.2 Å². The highest BCUT2D eigenvalue weighted by Gasteiger charge is 2.43. The van der Waals surface area contributed by atoms with Crippen molar-refractivity contribution in [1.82, 2.24) is 10.3 Å². The molecule has 32 heavy (non-hydrogen) atoms. The van der Waals surface area contributed by atoms with Gasteiger partial charge in [-0.25, -0.2) is 4.98 Å². The van der Waals surface area contributed by atoms with Gasteiger partial charge in [0.1, 0.15) is 5.82 Å². The second-order valence-electron chi connectivity index (χ2n) is 9.46. The molecule has 1 aliphatic carbocycles. The molecule has 1 atom stereocenters. The highest BCUT2D eigenvalue weighted by atomic mass is 16.2. The highest BCUT2D eigenvalue weighted by Crippen LogP contribution is 2.47. The third-order valence-corrected chi connectivity index (χ3v) is 6.14. The van der Waals surface area contributed by atoms with Gasteiger partial charge in [0.25, 0.3) is 5.91 Å². The zero-order chi connectivity index (χ0) is 22.3. The minimum absolute atomic E-state index is 0. The third-order valence-electron chi connectivity index (χ3n) is 6.14. The van der Waals surface area contributed by atoms with Crippen molar-refractivity contribution >= 4 is 17.5 Å². The number of aromatic nitrogens is 1. The van der Waals surface area contributed by atoms with Crippen molar-refractivity contribution in [3.05, 3.63) is 81.8 Å². The Hall–Kier alpha value is -3.21. The van der Waals surface area contributed by atoms with Gasteiger partial charge in [0.05, 0.1) is 0 Å². The molecule has 0 radical (unpaired) electrons. The van der Waals surface area contributed by atoms with Gasteiger partial charge >= 0.3 is 0 Å². The predicted octanol–water partition coefficient (Wildman–Crippen LogP) is 5.58. The van der Waals surface area contributed by atoms with E-state index >= 15 is 0 Å². The van der Waals surface area contributed by atoms with E-state index in [0.717, 1.165) is 40.1 Å². The molecule has 2 aromatic rings. The lowest BCUT2D eigenvalue weighted by atomic mass is 9.68. The number of anilines is 1. The molecular formula is C27H33N3O2. The SMILES string of the molecule is C.CC1=C(C(=O)Nc2cc(C)ccn2)C(c2ccccc2C)C2=C(CC(C)(C)CC2=O)N1. The van der Waals surface area contributed by atoms with Crippen LogP contribution in [0.25, 0.3) is 0 Å². The molecule has 0 bridgehead atoms. The van der Waals surface area contributed by atoms with E-state index in [2.05, 4.69) is 29.5 Å². The molecule has 0 saturated heterocycles. The lowest BCUT2D eigenvalue weighted by Gasteiger charge is -2.40. The normalized spacial score (nSPS) is 19.7. The van der Waals surface area contributed by atoms with Gasteiger partial charge in [0.15, 0.2) is 5.78 Å². The van der Waals surface area contributed by atoms with E-state index in [1.54, 1.807) is 6.20 Å². The number of aryl methyl sites for hydroxylation is 2. The van der Waals surface area contributed by atoms with Crippen LogP contribution in [0.1, 0.15) is 63.6 Å². The van der Waals surface area contributed by atoms with E-state index in [0.29, 0.717) is 17.8 Å². The molecular weight excluding hydrogens is 398 g/mol. The van der Waals surface area contributed by atoms with Crippen LogP contribution in [0.5, 0.6) is 0 Å². The monoisotopic (exact) mass is 431 g/mol. The average molecular weight is 432 g/mol. The van der Waals surface area contributed by atoms with Crippen molar-refractivity contribution in [3.63, 3.8) is 0 Å². The molecule has 1 unspecified atom stereocenters. The molecule has 1 amide bonds. The van der Waals surface area contributed by atoms with Crippen molar-refractivity contribution < 1.29 is 9.59 Å². The van der Waals surface area contributed by atoms with Gasteiger partial charge in [-0.1, -0.05) is 45.5 Å². The van der Waals surface area contributed by atoms with Gasteiger partial charge in [0, 0.05) is 41.1 Å². The first-order valence-corrected chi connectivity index (χ1v) is 10.7. The Kier molecular flexibility index (Phi) is 6.40. The topological polar surface area (TPSA) is 71.1 Å². The van der Waals surface area contributed by atoms with Crippen molar-refractivity contribution in [2.45, 2.75) is 60.8 Å². The summed E-state index contributed by atoms with van der Waals surface area (Å²) in [6, 6.07) is 11.7. The Morgan fingerprint density at radius 3 is 2.53 bits per heavy atom. The minimum atomic E-state index is -0.397. The van der Waals surface area contributed by atoms with Crippen molar-refractivity contribution in [2.24, 2.45) is 5.41 Å². The van der Waals surface area contributed by atoms with E-state index in [1.165, 1.54) is 0 Å². The fraction of sp³-hybridized carbons (Fsp3) is 0.370. The number of hydrogen-bond donors (Lipinski definition) is 2. The van der Waals surface area contributed by atoms with Crippen LogP contribution >= 0.6 is 0 Å². The van der Waals surface area contributed by atoms with Crippen LogP contribution in [0.2, 0.25) is 0 Å². The van der Waals surface area contributed by atoms with Crippen LogP contribution < -0.4 is 10.6 Å². The number of nitrogens with zero attached hydrogens (tertiary/aromatic N) is 1. The number of nitrogens with one attached hydrogen (secondary N) is 2. The van der Waals surface area contributed by atoms with Gasteiger partial charge in [-0.05, 0) is 61.4 Å². The molecule has 168 valence electrons. The van der Waals surface area contributed by atoms with Crippen LogP contribution in [0.4, 0.5) is 5.82 Å². The van der Waals surface area contributed by atoms with Crippen LogP contribution in [-0.4, -0.2) is 16.7 Å². The van der Waals surface area contributed by atoms with Crippen molar-refractivity contribution in [3.8, 4) is 0 Å². The van der Waals surface area contributed by atoms with E-state index in [4.69, 9.17) is 0 Å². The minimum Gasteiger partial charge on any atom is -0.362 e. The lowest BCUT2D eigenvalue weighted by molar-refractivity contribution is -0.118. The van der Waals surface area contributed by atoms with Gasteiger partial charge in [-0.3, -0.25) is 9.59 Å². The number of benzene rings is 1. The molecule has 1 aromatic carbocycles. The van der Waals surface area contributed by atoms with Gasteiger partial charge in [-0.15, -0.1) is 0 Å². The number of Topliss-reactive ketones (excluding diaryl/α,β-unsaturated/α-hetero) is 1. The van der Waals surface area contributed by atoms with E-state index in [9.17, 15) is 9.59 Å². The van der Waals surface area contributed by atoms with Crippen LogP contribution in [0, 0.1) is 19.3 Å². The Bertz CT molecular complexity index is 1140. The average Bonchev–Trinajstić information content (AvgIpc) is 2.66. The van der Waals surface area contributed by atoms with E-state index in [-0.39, 0.29) is 24.5 Å². The summed E-state index contributed by atoms with van der Waals surface area (Å²) in [6.45, 7) is 10.1. The quantitative estimate of drug-likeness (QED) is 0.666. The lowest BCUT2D eigenvalue weighted by Crippen LogP contribution is -2.39. The summed E-state index contributed by atoms with van der Waals surface area (Å²) in [5.74, 6) is -0.0189. The van der Waals surface area contributed by atoms with Crippen molar-refractivity contribution in [2.75, 3.05) is 5.32 Å². The Labute approximate surface area is 191 Å². The Balaban J connectivity index is 0.00000289. The molecule has 0 fully saturated rings. The Morgan fingerprint density at radius 1 is 1.12 bits per heavy atom. The number of rotatable bonds is 3. The summed E-state index contributed by atoms with van der Waals surface area (Å²) < 4.78 is 0. The fourth-order valence-electron chi connectivity index (χ4n) is 4.75. The zero-order valence-electron chi connectivity index (χ0n) is 18.8. The summed E-state index contributed by atoms with van der Waals surface area (Å²) in [7, 11) is 0. The second-order valence-corrected chi connectivity index (χ2v) is 9.46. The number of hydrogen-bond acceptors (Lipinski definition) is 4. The molecule has 1 aromatic heterocycles. The third kappa shape index (κ3) is 4.38. The molecule has 0 spiro atoms. The summed E-state index contributed by atoms with van der Waals surface area (Å²) in [6.07, 6.45) is 2.93. The molecule has 5 heteroatoms. The molecule has 4 rings (SSSR count). The van der Waals surface area contributed by atoms with Crippen molar-refractivity contribution in [1.29, 1.82) is 0 Å². The maximum atomic E-state index is 13.5. The number of amides is 1. The smallest absolute Gasteiger partial charge is 0.255 e. The van der Waals surface area contributed by atoms with Crippen LogP contribution in [0.15, 0.2) is 65.1 Å². The molecule has 0 saturated carbocycles. The van der Waals surface area contributed by atoms with Crippen LogP contribution in [-0.2, 0) is 9.59 Å². The highest BCUT2D eigenvalue weighted by molar-refractivity contribution is 6.09. The summed E-state index contributed by atoms with van der Waals surface area (Å²) in [5.41, 5.74) is 5.98. The van der Waals surface area contributed by atoms with Gasteiger partial charge in [0.2, 0.25) is 0 Å². The molecule has 1 aliphatic heterocycles.